The van der Waals surface area contributed by atoms with Crippen molar-refractivity contribution in [2.45, 2.75) is 32.1 Å². The topological polar surface area (TPSA) is 20.3 Å². The lowest BCUT2D eigenvalue weighted by atomic mass is 10.1. The summed E-state index contributed by atoms with van der Waals surface area (Å²) in [7, 11) is 0. The van der Waals surface area contributed by atoms with E-state index >= 15 is 0 Å². The fourth-order valence-corrected chi connectivity index (χ4v) is 1.70. The Morgan fingerprint density at radius 2 is 1.73 bits per heavy atom. The van der Waals surface area contributed by atoms with Crippen LogP contribution in [0, 0.1) is 5.92 Å². The molecular weight excluding hydrogens is 138 g/mol. The Bertz CT molecular complexity index is 157. The fourth-order valence-electron chi connectivity index (χ4n) is 1.70. The molecule has 2 rings (SSSR count). The van der Waals surface area contributed by atoms with Gasteiger partial charge in [0.2, 0.25) is 5.91 Å². The molecule has 0 N–H and O–H groups in total. The van der Waals surface area contributed by atoms with Crippen LogP contribution in [0.1, 0.15) is 32.1 Å². The molecule has 2 nitrogen and oxygen atoms in total. The maximum absolute atomic E-state index is 11.5. The number of likely N-dealkylation sites (tertiary alicyclic amines) is 1. The number of piperidine rings is 1. The summed E-state index contributed by atoms with van der Waals surface area (Å²) in [4.78, 5) is 13.5. The monoisotopic (exact) mass is 153 g/mol. The Balaban J connectivity index is 1.86. The molecule has 0 aromatic carbocycles. The van der Waals surface area contributed by atoms with Crippen LogP contribution in [0.3, 0.4) is 0 Å². The number of hydrogen-bond acceptors (Lipinski definition) is 1. The Labute approximate surface area is 67.6 Å². The summed E-state index contributed by atoms with van der Waals surface area (Å²) in [6, 6.07) is 0. The van der Waals surface area contributed by atoms with Crippen molar-refractivity contribution in [1.82, 2.24) is 4.90 Å². The zero-order valence-corrected chi connectivity index (χ0v) is 6.88. The van der Waals surface area contributed by atoms with Crippen molar-refractivity contribution in [1.29, 1.82) is 0 Å². The summed E-state index contributed by atoms with van der Waals surface area (Å²) in [5.41, 5.74) is 0. The third-order valence-corrected chi connectivity index (χ3v) is 2.59. The minimum absolute atomic E-state index is 0.424. The molecule has 0 aromatic rings. The number of carbonyl (C=O) groups is 1. The third-order valence-electron chi connectivity index (χ3n) is 2.59. The first-order chi connectivity index (χ1) is 5.38. The van der Waals surface area contributed by atoms with Gasteiger partial charge in [-0.2, -0.15) is 0 Å². The van der Waals surface area contributed by atoms with Gasteiger partial charge < -0.3 is 4.90 Å². The third kappa shape index (κ3) is 1.55. The maximum Gasteiger partial charge on any atom is 0.225 e. The molecule has 0 radical (unpaired) electrons. The number of rotatable bonds is 1. The first kappa shape index (κ1) is 7.14. The Morgan fingerprint density at radius 3 is 2.27 bits per heavy atom. The first-order valence-electron chi connectivity index (χ1n) is 4.67. The van der Waals surface area contributed by atoms with Crippen LogP contribution in [-0.2, 0) is 4.79 Å². The van der Waals surface area contributed by atoms with E-state index in [4.69, 9.17) is 0 Å². The number of hydrogen-bond donors (Lipinski definition) is 0. The van der Waals surface area contributed by atoms with Gasteiger partial charge in [-0.3, -0.25) is 4.79 Å². The Kier molecular flexibility index (Phi) is 1.84. The van der Waals surface area contributed by atoms with E-state index in [9.17, 15) is 4.79 Å². The van der Waals surface area contributed by atoms with Crippen LogP contribution in [0.2, 0.25) is 0 Å². The lowest BCUT2D eigenvalue weighted by Crippen LogP contribution is -2.36. The molecule has 0 atom stereocenters. The highest BCUT2D eigenvalue weighted by Crippen LogP contribution is 2.31. The second-order valence-corrected chi connectivity index (χ2v) is 3.66. The minimum Gasteiger partial charge on any atom is -0.342 e. The van der Waals surface area contributed by atoms with Gasteiger partial charge in [0.05, 0.1) is 0 Å². The van der Waals surface area contributed by atoms with Crippen molar-refractivity contribution >= 4 is 5.91 Å². The quantitative estimate of drug-likeness (QED) is 0.557. The maximum atomic E-state index is 11.5. The number of carbonyl (C=O) groups excluding carboxylic acids is 1. The lowest BCUT2D eigenvalue weighted by molar-refractivity contribution is -0.133. The highest BCUT2D eigenvalue weighted by atomic mass is 16.2. The second kappa shape index (κ2) is 2.84. The van der Waals surface area contributed by atoms with Gasteiger partial charge in [-0.25, -0.2) is 0 Å². The predicted octanol–water partition coefficient (Wildman–Crippen LogP) is 1.41. The normalized spacial score (nSPS) is 25.3. The van der Waals surface area contributed by atoms with Crippen molar-refractivity contribution in [2.75, 3.05) is 13.1 Å². The molecule has 1 saturated heterocycles. The van der Waals surface area contributed by atoms with Gasteiger partial charge in [0.15, 0.2) is 0 Å². The molecular formula is C9H15NO. The summed E-state index contributed by atoms with van der Waals surface area (Å²) in [6.07, 6.45) is 6.05. The highest BCUT2D eigenvalue weighted by molar-refractivity contribution is 5.81. The smallest absolute Gasteiger partial charge is 0.225 e. The molecule has 1 aliphatic carbocycles. The van der Waals surface area contributed by atoms with Crippen molar-refractivity contribution in [2.24, 2.45) is 5.92 Å². The van der Waals surface area contributed by atoms with Crippen LogP contribution in [0.15, 0.2) is 0 Å². The van der Waals surface area contributed by atoms with Gasteiger partial charge in [0.1, 0.15) is 0 Å². The molecule has 1 heterocycles. The summed E-state index contributed by atoms with van der Waals surface area (Å²) in [5, 5.41) is 0. The van der Waals surface area contributed by atoms with Crippen LogP contribution in [0.25, 0.3) is 0 Å². The summed E-state index contributed by atoms with van der Waals surface area (Å²) in [6.45, 7) is 2.05. The van der Waals surface area contributed by atoms with E-state index < -0.39 is 0 Å². The van der Waals surface area contributed by atoms with Crippen molar-refractivity contribution in [3.8, 4) is 0 Å². The SMILES string of the molecule is O=C(C1CC1)N1CCCCC1. The lowest BCUT2D eigenvalue weighted by Gasteiger charge is -2.26. The van der Waals surface area contributed by atoms with Crippen molar-refractivity contribution in [3.05, 3.63) is 0 Å². The van der Waals surface area contributed by atoms with E-state index in [1.165, 1.54) is 19.3 Å². The molecule has 1 saturated carbocycles. The van der Waals surface area contributed by atoms with E-state index in [-0.39, 0.29) is 0 Å². The molecule has 11 heavy (non-hydrogen) atoms. The summed E-state index contributed by atoms with van der Waals surface area (Å²) in [5.74, 6) is 0.859. The van der Waals surface area contributed by atoms with E-state index in [0.717, 1.165) is 25.9 Å². The summed E-state index contributed by atoms with van der Waals surface area (Å²) < 4.78 is 0. The zero-order chi connectivity index (χ0) is 7.68. The fraction of sp³-hybridized carbons (Fsp3) is 0.889. The number of nitrogens with zero attached hydrogens (tertiary/aromatic N) is 1. The van der Waals surface area contributed by atoms with Gasteiger partial charge in [-0.05, 0) is 32.1 Å². The molecule has 2 fully saturated rings. The predicted molar refractivity (Wildman–Crippen MR) is 43.2 cm³/mol. The van der Waals surface area contributed by atoms with Gasteiger partial charge in [-0.15, -0.1) is 0 Å². The van der Waals surface area contributed by atoms with Crippen LogP contribution in [0.5, 0.6) is 0 Å². The molecule has 1 amide bonds. The molecule has 0 bridgehead atoms. The highest BCUT2D eigenvalue weighted by Gasteiger charge is 2.33. The van der Waals surface area contributed by atoms with Gasteiger partial charge in [0.25, 0.3) is 0 Å². The van der Waals surface area contributed by atoms with Crippen LogP contribution in [-0.4, -0.2) is 23.9 Å². The second-order valence-electron chi connectivity index (χ2n) is 3.66. The minimum atomic E-state index is 0.424. The van der Waals surface area contributed by atoms with Crippen molar-refractivity contribution < 1.29 is 4.79 Å². The zero-order valence-electron chi connectivity index (χ0n) is 6.88. The van der Waals surface area contributed by atoms with Crippen LogP contribution < -0.4 is 0 Å². The van der Waals surface area contributed by atoms with Crippen molar-refractivity contribution in [3.63, 3.8) is 0 Å². The van der Waals surface area contributed by atoms with E-state index in [1.807, 2.05) is 0 Å². The molecule has 62 valence electrons. The average Bonchev–Trinajstić information content (AvgIpc) is 2.87. The van der Waals surface area contributed by atoms with E-state index in [1.54, 1.807) is 0 Å². The van der Waals surface area contributed by atoms with Gasteiger partial charge >= 0.3 is 0 Å². The molecule has 0 spiro atoms. The average molecular weight is 153 g/mol. The van der Waals surface area contributed by atoms with Crippen LogP contribution in [0.4, 0.5) is 0 Å². The van der Waals surface area contributed by atoms with E-state index in [0.29, 0.717) is 11.8 Å². The molecule has 0 unspecified atom stereocenters. The van der Waals surface area contributed by atoms with E-state index in [2.05, 4.69) is 4.90 Å². The number of amides is 1. The molecule has 2 heteroatoms. The summed E-state index contributed by atoms with van der Waals surface area (Å²) >= 11 is 0. The molecule has 0 aromatic heterocycles. The van der Waals surface area contributed by atoms with Crippen LogP contribution >= 0.6 is 0 Å². The Morgan fingerprint density at radius 1 is 1.09 bits per heavy atom. The Hall–Kier alpha value is -0.530. The first-order valence-corrected chi connectivity index (χ1v) is 4.67. The van der Waals surface area contributed by atoms with Gasteiger partial charge in [-0.1, -0.05) is 0 Å². The molecule has 2 aliphatic rings. The molecule has 1 aliphatic heterocycles. The standard InChI is InChI=1S/C9H15NO/c11-9(8-4-5-8)10-6-2-1-3-7-10/h8H,1-7H2. The largest absolute Gasteiger partial charge is 0.342 e. The van der Waals surface area contributed by atoms with Gasteiger partial charge in [0, 0.05) is 19.0 Å².